The van der Waals surface area contributed by atoms with Gasteiger partial charge in [-0.3, -0.25) is 14.4 Å². The number of aliphatic hydroxyl groups is 1. The van der Waals surface area contributed by atoms with Crippen LogP contribution in [0.5, 0.6) is 0 Å². The molecular weight excluding hydrogens is 390 g/mol. The van der Waals surface area contributed by atoms with Gasteiger partial charge in [-0.2, -0.15) is 0 Å². The van der Waals surface area contributed by atoms with Crippen LogP contribution in [0.15, 0.2) is 41.3 Å². The highest BCUT2D eigenvalue weighted by Gasteiger charge is 2.67. The summed E-state index contributed by atoms with van der Waals surface area (Å²) in [5, 5.41) is 10.9. The zero-order valence-electron chi connectivity index (χ0n) is 15.4. The summed E-state index contributed by atoms with van der Waals surface area (Å²) < 4.78 is 36.1. The monoisotopic (exact) mass is 409 g/mol. The number of benzene rings is 1. The summed E-state index contributed by atoms with van der Waals surface area (Å²) in [6, 6.07) is 4.40. The van der Waals surface area contributed by atoms with E-state index in [4.69, 9.17) is 4.74 Å². The number of carbonyl (C=O) groups is 3. The second-order valence-electron chi connectivity index (χ2n) is 6.64. The van der Waals surface area contributed by atoms with Gasteiger partial charge in [0.15, 0.2) is 5.60 Å². The second kappa shape index (κ2) is 6.71. The summed E-state index contributed by atoms with van der Waals surface area (Å²) in [6.07, 6.45) is 2.25. The van der Waals surface area contributed by atoms with E-state index in [1.54, 1.807) is 19.1 Å². The molecule has 1 aliphatic carbocycles. The van der Waals surface area contributed by atoms with Gasteiger partial charge in [-0.1, -0.05) is 23.8 Å². The number of methoxy groups -OCH3 is 2. The standard InChI is InChI=1S/C18H19NO8S/c1-10-4-6-11(7-5-10)28(24,25)19-12-8-9-18(23,17(19)22)14(16(21)27-3)13(12)15(20)26-2/h4-9,12-14,23H,1-3H3/t12-,13+,14-,18-/m1/s1. The van der Waals surface area contributed by atoms with Gasteiger partial charge in [-0.05, 0) is 25.1 Å². The highest BCUT2D eigenvalue weighted by molar-refractivity contribution is 7.89. The third kappa shape index (κ3) is 2.71. The molecule has 4 rings (SSSR count). The van der Waals surface area contributed by atoms with E-state index in [0.29, 0.717) is 4.31 Å². The second-order valence-corrected chi connectivity index (χ2v) is 8.46. The molecular formula is C18H19NO8S. The smallest absolute Gasteiger partial charge is 0.313 e. The van der Waals surface area contributed by atoms with E-state index in [1.165, 1.54) is 18.2 Å². The Balaban J connectivity index is 2.17. The summed E-state index contributed by atoms with van der Waals surface area (Å²) >= 11 is 0. The Bertz CT molecular complexity index is 968. The van der Waals surface area contributed by atoms with E-state index in [2.05, 4.69) is 4.74 Å². The number of fused-ring (bicyclic) bond motifs is 2. The molecule has 9 nitrogen and oxygen atoms in total. The highest BCUT2D eigenvalue weighted by Crippen LogP contribution is 2.46. The van der Waals surface area contributed by atoms with Crippen molar-refractivity contribution in [3.63, 3.8) is 0 Å². The number of hydrogen-bond acceptors (Lipinski definition) is 8. The molecule has 0 saturated carbocycles. The fraction of sp³-hybridized carbons (Fsp3) is 0.389. The topological polar surface area (TPSA) is 127 Å². The summed E-state index contributed by atoms with van der Waals surface area (Å²) in [4.78, 5) is 37.4. The van der Waals surface area contributed by atoms with Gasteiger partial charge in [-0.25, -0.2) is 12.7 Å². The Morgan fingerprint density at radius 3 is 2.21 bits per heavy atom. The third-order valence-electron chi connectivity index (χ3n) is 5.07. The van der Waals surface area contributed by atoms with E-state index < -0.39 is 51.3 Å². The number of carbonyl (C=O) groups excluding carboxylic acids is 3. The number of sulfonamides is 1. The van der Waals surface area contributed by atoms with Crippen LogP contribution >= 0.6 is 0 Å². The molecule has 0 aromatic heterocycles. The van der Waals surface area contributed by atoms with Crippen LogP contribution in [-0.2, 0) is 33.9 Å². The van der Waals surface area contributed by atoms with Crippen molar-refractivity contribution in [2.24, 2.45) is 11.8 Å². The average molecular weight is 409 g/mol. The molecule has 0 spiro atoms. The minimum atomic E-state index is -4.41. The van der Waals surface area contributed by atoms with Crippen molar-refractivity contribution in [1.82, 2.24) is 4.31 Å². The van der Waals surface area contributed by atoms with Crippen LogP contribution < -0.4 is 0 Å². The van der Waals surface area contributed by atoms with Crippen molar-refractivity contribution in [2.45, 2.75) is 23.5 Å². The van der Waals surface area contributed by atoms with Crippen molar-refractivity contribution >= 4 is 27.9 Å². The number of ether oxygens (including phenoxy) is 2. The van der Waals surface area contributed by atoms with Crippen molar-refractivity contribution < 1.29 is 37.4 Å². The molecule has 4 atom stereocenters. The molecule has 0 radical (unpaired) electrons. The van der Waals surface area contributed by atoms with E-state index in [1.807, 2.05) is 0 Å². The van der Waals surface area contributed by atoms with Crippen molar-refractivity contribution in [3.8, 4) is 0 Å². The Hall–Kier alpha value is -2.72. The number of aryl methyl sites for hydroxylation is 1. The van der Waals surface area contributed by atoms with Gasteiger partial charge >= 0.3 is 11.9 Å². The van der Waals surface area contributed by atoms with Crippen LogP contribution in [-0.4, -0.2) is 61.5 Å². The largest absolute Gasteiger partial charge is 0.469 e. The maximum Gasteiger partial charge on any atom is 0.313 e. The molecule has 1 N–H and O–H groups in total. The number of esters is 2. The van der Waals surface area contributed by atoms with Gasteiger partial charge in [0.1, 0.15) is 5.92 Å². The van der Waals surface area contributed by atoms with Gasteiger partial charge in [0, 0.05) is 0 Å². The number of rotatable bonds is 4. The van der Waals surface area contributed by atoms with Gasteiger partial charge in [-0.15, -0.1) is 0 Å². The lowest BCUT2D eigenvalue weighted by atomic mass is 9.66. The highest BCUT2D eigenvalue weighted by atomic mass is 32.2. The number of amides is 1. The zero-order chi connectivity index (χ0) is 20.9. The first-order chi connectivity index (χ1) is 13.1. The molecule has 2 heterocycles. The lowest BCUT2D eigenvalue weighted by Crippen LogP contribution is -2.71. The van der Waals surface area contributed by atoms with Crippen LogP contribution in [0.1, 0.15) is 5.56 Å². The Labute approximate surface area is 161 Å². The van der Waals surface area contributed by atoms with Crippen LogP contribution in [0, 0.1) is 18.8 Å². The quantitative estimate of drug-likeness (QED) is 0.534. The fourth-order valence-electron chi connectivity index (χ4n) is 3.64. The summed E-state index contributed by atoms with van der Waals surface area (Å²) in [5.74, 6) is -6.27. The van der Waals surface area contributed by atoms with Gasteiger partial charge in [0.2, 0.25) is 0 Å². The summed E-state index contributed by atoms with van der Waals surface area (Å²) in [7, 11) is -2.31. The van der Waals surface area contributed by atoms with Crippen LogP contribution in [0.4, 0.5) is 0 Å². The van der Waals surface area contributed by atoms with Gasteiger partial charge in [0.25, 0.3) is 15.9 Å². The van der Waals surface area contributed by atoms with E-state index in [9.17, 15) is 27.9 Å². The third-order valence-corrected chi connectivity index (χ3v) is 6.86. The molecule has 1 aromatic carbocycles. The Kier molecular flexibility index (Phi) is 4.80. The first-order valence-electron chi connectivity index (χ1n) is 8.32. The first kappa shape index (κ1) is 20.0. The van der Waals surface area contributed by atoms with Crippen molar-refractivity contribution in [2.75, 3.05) is 14.2 Å². The predicted molar refractivity (Wildman–Crippen MR) is 94.1 cm³/mol. The number of piperidine rings is 1. The zero-order valence-corrected chi connectivity index (χ0v) is 16.2. The molecule has 1 saturated heterocycles. The average Bonchev–Trinajstić information content (AvgIpc) is 2.67. The molecule has 3 aliphatic rings. The molecule has 28 heavy (non-hydrogen) atoms. The SMILES string of the molecule is COC(=O)[C@H]1[C@H]2C=C[C@](O)(C(=O)N2S(=O)(=O)c2ccc(C)cc2)[C@H]1C(=O)OC. The molecule has 2 bridgehead atoms. The molecule has 10 heteroatoms. The van der Waals surface area contributed by atoms with E-state index in [-0.39, 0.29) is 4.90 Å². The summed E-state index contributed by atoms with van der Waals surface area (Å²) in [6.45, 7) is 1.77. The maximum absolute atomic E-state index is 13.1. The van der Waals surface area contributed by atoms with Gasteiger partial charge in [0.05, 0.1) is 31.1 Å². The normalized spacial score (nSPS) is 28.9. The molecule has 1 aromatic rings. The van der Waals surface area contributed by atoms with Gasteiger partial charge < -0.3 is 14.6 Å². The summed E-state index contributed by atoms with van der Waals surface area (Å²) in [5.41, 5.74) is -1.75. The molecule has 150 valence electrons. The molecule has 0 unspecified atom stereocenters. The molecule has 2 aliphatic heterocycles. The van der Waals surface area contributed by atoms with Crippen LogP contribution in [0.3, 0.4) is 0 Å². The number of nitrogens with zero attached hydrogens (tertiary/aromatic N) is 1. The molecule has 1 amide bonds. The predicted octanol–water partition coefficient (Wildman–Crippen LogP) is -0.226. The fourth-order valence-corrected chi connectivity index (χ4v) is 5.23. The lowest BCUT2D eigenvalue weighted by Gasteiger charge is -2.50. The minimum absolute atomic E-state index is 0.186. The van der Waals surface area contributed by atoms with Crippen molar-refractivity contribution in [1.29, 1.82) is 0 Å². The maximum atomic E-state index is 13.1. The molecule has 1 fully saturated rings. The number of hydrogen-bond donors (Lipinski definition) is 1. The van der Waals surface area contributed by atoms with Crippen LogP contribution in [0.25, 0.3) is 0 Å². The Morgan fingerprint density at radius 2 is 1.68 bits per heavy atom. The Morgan fingerprint density at radius 1 is 1.11 bits per heavy atom. The van der Waals surface area contributed by atoms with Crippen molar-refractivity contribution in [3.05, 3.63) is 42.0 Å². The van der Waals surface area contributed by atoms with Crippen LogP contribution in [0.2, 0.25) is 0 Å². The first-order valence-corrected chi connectivity index (χ1v) is 9.76. The van der Waals surface area contributed by atoms with E-state index in [0.717, 1.165) is 25.9 Å². The van der Waals surface area contributed by atoms with E-state index >= 15 is 0 Å². The minimum Gasteiger partial charge on any atom is -0.469 e. The lowest BCUT2D eigenvalue weighted by molar-refractivity contribution is -0.185.